The molecule has 0 atom stereocenters. The molecule has 0 aliphatic rings. The third kappa shape index (κ3) is 3.26. The monoisotopic (exact) mass is 351 g/mol. The lowest BCUT2D eigenvalue weighted by atomic mass is 10.1. The Hall–Kier alpha value is -1.82. The zero-order valence-corrected chi connectivity index (χ0v) is 13.9. The predicted octanol–water partition coefficient (Wildman–Crippen LogP) is 2.65. The molecule has 0 radical (unpaired) electrons. The first-order valence-electron chi connectivity index (χ1n) is 6.68. The van der Waals surface area contributed by atoms with Gasteiger partial charge < -0.3 is 10.5 Å². The second-order valence-corrected chi connectivity index (χ2v) is 5.56. The normalized spacial score (nSPS) is 10.7. The van der Waals surface area contributed by atoms with Crippen LogP contribution in [0.25, 0.3) is 0 Å². The maximum absolute atomic E-state index is 12.1. The molecular formula is C15H18BrN3O2. The number of rotatable bonds is 4. The van der Waals surface area contributed by atoms with Gasteiger partial charge in [0, 0.05) is 16.9 Å². The van der Waals surface area contributed by atoms with Crippen LogP contribution in [0.4, 0.5) is 5.69 Å². The molecule has 1 aromatic carbocycles. The van der Waals surface area contributed by atoms with Gasteiger partial charge in [-0.25, -0.2) is 4.79 Å². The van der Waals surface area contributed by atoms with Gasteiger partial charge in [0.25, 0.3) is 0 Å². The van der Waals surface area contributed by atoms with Crippen LogP contribution in [0.1, 0.15) is 23.9 Å². The van der Waals surface area contributed by atoms with Gasteiger partial charge in [0.05, 0.1) is 23.3 Å². The zero-order valence-electron chi connectivity index (χ0n) is 12.3. The van der Waals surface area contributed by atoms with Gasteiger partial charge in [-0.1, -0.05) is 0 Å². The number of aromatic nitrogens is 2. The van der Waals surface area contributed by atoms with E-state index in [2.05, 4.69) is 20.9 Å². The number of halogens is 1. The van der Waals surface area contributed by atoms with Crippen molar-refractivity contribution in [2.24, 2.45) is 0 Å². The minimum Gasteiger partial charge on any atom is -0.494 e. The van der Waals surface area contributed by atoms with Crippen LogP contribution >= 0.6 is 15.9 Å². The third-order valence-corrected chi connectivity index (χ3v) is 4.39. The summed E-state index contributed by atoms with van der Waals surface area (Å²) in [7, 11) is 0. The van der Waals surface area contributed by atoms with Crippen LogP contribution in [0.2, 0.25) is 0 Å². The summed E-state index contributed by atoms with van der Waals surface area (Å²) in [5.74, 6) is 0.731. The van der Waals surface area contributed by atoms with Crippen molar-refractivity contribution in [2.45, 2.75) is 27.3 Å². The molecule has 0 saturated carbocycles. The van der Waals surface area contributed by atoms with Crippen LogP contribution in [0, 0.1) is 13.8 Å². The Morgan fingerprint density at radius 1 is 1.38 bits per heavy atom. The van der Waals surface area contributed by atoms with E-state index in [9.17, 15) is 4.79 Å². The van der Waals surface area contributed by atoms with Gasteiger partial charge in [0.2, 0.25) is 0 Å². The van der Waals surface area contributed by atoms with Crippen LogP contribution in [0.3, 0.4) is 0 Å². The van der Waals surface area contributed by atoms with Crippen molar-refractivity contribution in [3.8, 4) is 5.75 Å². The number of nitrogens with zero attached hydrogens (tertiary/aromatic N) is 2. The van der Waals surface area contributed by atoms with Gasteiger partial charge in [-0.3, -0.25) is 4.57 Å². The van der Waals surface area contributed by atoms with Crippen molar-refractivity contribution in [3.05, 3.63) is 50.1 Å². The number of ether oxygens (including phenoxy) is 1. The maximum atomic E-state index is 12.1. The van der Waals surface area contributed by atoms with E-state index in [-0.39, 0.29) is 5.69 Å². The van der Waals surface area contributed by atoms with E-state index < -0.39 is 0 Å². The third-order valence-electron chi connectivity index (χ3n) is 3.25. The number of hydrogen-bond donors (Lipinski definition) is 1. The Balaban J connectivity index is 2.50. The van der Waals surface area contributed by atoms with Crippen molar-refractivity contribution in [1.82, 2.24) is 9.55 Å². The van der Waals surface area contributed by atoms with Gasteiger partial charge in [0.1, 0.15) is 5.75 Å². The lowest BCUT2D eigenvalue weighted by Crippen LogP contribution is -2.27. The molecular weight excluding hydrogens is 334 g/mol. The molecule has 2 rings (SSSR count). The van der Waals surface area contributed by atoms with Gasteiger partial charge in [-0.15, -0.1) is 0 Å². The molecule has 1 heterocycles. The van der Waals surface area contributed by atoms with Gasteiger partial charge >= 0.3 is 5.69 Å². The van der Waals surface area contributed by atoms with Crippen molar-refractivity contribution >= 4 is 21.6 Å². The molecule has 0 saturated heterocycles. The second kappa shape index (κ2) is 6.30. The average Bonchev–Trinajstić information content (AvgIpc) is 2.44. The highest BCUT2D eigenvalue weighted by molar-refractivity contribution is 9.10. The first kappa shape index (κ1) is 15.6. The number of nitrogens with two attached hydrogens (primary N) is 1. The van der Waals surface area contributed by atoms with Gasteiger partial charge in [-0.2, -0.15) is 4.98 Å². The fraction of sp³-hybridized carbons (Fsp3) is 0.333. The molecule has 0 bridgehead atoms. The fourth-order valence-electron chi connectivity index (χ4n) is 2.15. The van der Waals surface area contributed by atoms with E-state index in [1.165, 1.54) is 0 Å². The quantitative estimate of drug-likeness (QED) is 0.859. The first-order chi connectivity index (χ1) is 9.93. The Morgan fingerprint density at radius 2 is 2.10 bits per heavy atom. The molecule has 0 spiro atoms. The summed E-state index contributed by atoms with van der Waals surface area (Å²) in [5.41, 5.74) is 8.58. The van der Waals surface area contributed by atoms with Crippen LogP contribution < -0.4 is 16.2 Å². The molecule has 0 unspecified atom stereocenters. The topological polar surface area (TPSA) is 70.1 Å². The van der Waals surface area contributed by atoms with E-state index in [4.69, 9.17) is 10.5 Å². The molecule has 0 aliphatic heterocycles. The standard InChI is InChI=1S/C15H18BrN3O2/c1-4-21-13-6-5-12(17)7-11(13)8-19-10(3)14(16)9(2)18-15(19)20/h5-7H,4,8,17H2,1-3H3. The molecule has 5 nitrogen and oxygen atoms in total. The minimum absolute atomic E-state index is 0.280. The Labute approximate surface area is 131 Å². The van der Waals surface area contributed by atoms with Crippen LogP contribution in [-0.4, -0.2) is 16.2 Å². The van der Waals surface area contributed by atoms with E-state index >= 15 is 0 Å². The predicted molar refractivity (Wildman–Crippen MR) is 86.8 cm³/mol. The minimum atomic E-state index is -0.280. The zero-order chi connectivity index (χ0) is 15.6. The molecule has 112 valence electrons. The van der Waals surface area contributed by atoms with Crippen LogP contribution in [0.15, 0.2) is 27.5 Å². The Bertz CT molecular complexity index is 726. The highest BCUT2D eigenvalue weighted by Crippen LogP contribution is 2.24. The average molecular weight is 352 g/mol. The van der Waals surface area contributed by atoms with E-state index in [1.807, 2.05) is 26.0 Å². The molecule has 1 aromatic heterocycles. The maximum Gasteiger partial charge on any atom is 0.348 e. The van der Waals surface area contributed by atoms with Gasteiger partial charge in [-0.05, 0) is 54.9 Å². The summed E-state index contributed by atoms with van der Waals surface area (Å²) in [6.45, 7) is 6.53. The Morgan fingerprint density at radius 3 is 2.76 bits per heavy atom. The fourth-order valence-corrected chi connectivity index (χ4v) is 2.46. The lowest BCUT2D eigenvalue weighted by molar-refractivity contribution is 0.335. The van der Waals surface area contributed by atoms with Crippen molar-refractivity contribution < 1.29 is 4.74 Å². The second-order valence-electron chi connectivity index (χ2n) is 4.77. The van der Waals surface area contributed by atoms with E-state index in [0.717, 1.165) is 21.5 Å². The smallest absolute Gasteiger partial charge is 0.348 e. The highest BCUT2D eigenvalue weighted by Gasteiger charge is 2.12. The summed E-state index contributed by atoms with van der Waals surface area (Å²) in [6.07, 6.45) is 0. The van der Waals surface area contributed by atoms with Gasteiger partial charge in [0.15, 0.2) is 0 Å². The van der Waals surface area contributed by atoms with Crippen molar-refractivity contribution in [1.29, 1.82) is 0 Å². The molecule has 0 fully saturated rings. The first-order valence-corrected chi connectivity index (χ1v) is 7.48. The number of hydrogen-bond acceptors (Lipinski definition) is 4. The van der Waals surface area contributed by atoms with E-state index in [0.29, 0.717) is 24.5 Å². The molecule has 2 N–H and O–H groups in total. The summed E-state index contributed by atoms with van der Waals surface area (Å²) in [6, 6.07) is 5.43. The summed E-state index contributed by atoms with van der Waals surface area (Å²) in [5, 5.41) is 0. The SMILES string of the molecule is CCOc1ccc(N)cc1Cn1c(C)c(Br)c(C)nc1=O. The Kier molecular flexibility index (Phi) is 4.67. The molecule has 21 heavy (non-hydrogen) atoms. The highest BCUT2D eigenvalue weighted by atomic mass is 79.9. The van der Waals surface area contributed by atoms with Crippen LogP contribution in [0.5, 0.6) is 5.75 Å². The lowest BCUT2D eigenvalue weighted by Gasteiger charge is -2.15. The summed E-state index contributed by atoms with van der Waals surface area (Å²) >= 11 is 3.46. The largest absolute Gasteiger partial charge is 0.494 e. The van der Waals surface area contributed by atoms with Crippen molar-refractivity contribution in [2.75, 3.05) is 12.3 Å². The number of nitrogen functional groups attached to an aromatic ring is 1. The summed E-state index contributed by atoms with van der Waals surface area (Å²) < 4.78 is 8.04. The molecule has 0 aliphatic carbocycles. The molecule has 6 heteroatoms. The summed E-state index contributed by atoms with van der Waals surface area (Å²) in [4.78, 5) is 16.1. The van der Waals surface area contributed by atoms with E-state index in [1.54, 1.807) is 17.6 Å². The number of benzene rings is 1. The van der Waals surface area contributed by atoms with Crippen molar-refractivity contribution in [3.63, 3.8) is 0 Å². The van der Waals surface area contributed by atoms with Crippen LogP contribution in [-0.2, 0) is 6.54 Å². The number of aryl methyl sites for hydroxylation is 1. The number of anilines is 1. The molecule has 0 amide bonds. The molecule has 2 aromatic rings.